The largest absolute Gasteiger partial charge is 0.300 e. The van der Waals surface area contributed by atoms with E-state index in [1.165, 1.54) is 12.2 Å². The molecule has 0 aliphatic heterocycles. The molecule has 0 radical (unpaired) electrons. The van der Waals surface area contributed by atoms with Crippen LogP contribution < -0.4 is 0 Å². The van der Waals surface area contributed by atoms with Crippen molar-refractivity contribution in [2.24, 2.45) is 0 Å². The predicted octanol–water partition coefficient (Wildman–Crippen LogP) is 3.93. The minimum atomic E-state index is 0.242. The van der Waals surface area contributed by atoms with Crippen molar-refractivity contribution in [2.75, 3.05) is 5.75 Å². The SMILES string of the molecule is CCCSSC(C)(C)CCC(C)=O. The Morgan fingerprint density at radius 3 is 2.46 bits per heavy atom. The minimum Gasteiger partial charge on any atom is -0.300 e. The highest BCUT2D eigenvalue weighted by Crippen LogP contribution is 2.38. The van der Waals surface area contributed by atoms with Gasteiger partial charge in [-0.2, -0.15) is 0 Å². The summed E-state index contributed by atoms with van der Waals surface area (Å²) >= 11 is 0. The first-order valence-electron chi connectivity index (χ1n) is 4.78. The second-order valence-electron chi connectivity index (χ2n) is 3.87. The average Bonchev–Trinajstić information content (AvgIpc) is 2.02. The van der Waals surface area contributed by atoms with E-state index in [2.05, 4.69) is 20.8 Å². The Morgan fingerprint density at radius 2 is 2.00 bits per heavy atom. The first-order chi connectivity index (χ1) is 5.98. The van der Waals surface area contributed by atoms with Gasteiger partial charge in [0.15, 0.2) is 0 Å². The first kappa shape index (κ1) is 13.4. The van der Waals surface area contributed by atoms with E-state index in [0.717, 1.165) is 6.42 Å². The molecule has 0 bridgehead atoms. The summed E-state index contributed by atoms with van der Waals surface area (Å²) in [5, 5.41) is 0. The molecule has 13 heavy (non-hydrogen) atoms. The van der Waals surface area contributed by atoms with E-state index < -0.39 is 0 Å². The molecular formula is C10H20OS2. The molecule has 0 rings (SSSR count). The maximum Gasteiger partial charge on any atom is 0.129 e. The maximum atomic E-state index is 10.8. The third-order valence-electron chi connectivity index (χ3n) is 1.65. The fourth-order valence-electron chi connectivity index (χ4n) is 0.803. The molecule has 0 aromatic heterocycles. The Labute approximate surface area is 89.8 Å². The summed E-state index contributed by atoms with van der Waals surface area (Å²) < 4.78 is 0.242. The molecule has 0 saturated heterocycles. The van der Waals surface area contributed by atoms with Crippen molar-refractivity contribution in [1.82, 2.24) is 0 Å². The molecule has 0 aromatic rings. The quantitative estimate of drug-likeness (QED) is 0.478. The highest BCUT2D eigenvalue weighted by atomic mass is 33.1. The number of carbonyl (C=O) groups is 1. The third kappa shape index (κ3) is 8.69. The van der Waals surface area contributed by atoms with Crippen molar-refractivity contribution >= 4 is 27.4 Å². The van der Waals surface area contributed by atoms with E-state index in [0.29, 0.717) is 12.2 Å². The Balaban J connectivity index is 3.59. The van der Waals surface area contributed by atoms with Crippen LogP contribution in [0.15, 0.2) is 0 Å². The van der Waals surface area contributed by atoms with Gasteiger partial charge in [0.25, 0.3) is 0 Å². The van der Waals surface area contributed by atoms with Crippen LogP contribution >= 0.6 is 21.6 Å². The van der Waals surface area contributed by atoms with E-state index in [4.69, 9.17) is 0 Å². The van der Waals surface area contributed by atoms with Crippen LogP contribution in [0.25, 0.3) is 0 Å². The summed E-state index contributed by atoms with van der Waals surface area (Å²) in [4.78, 5) is 10.8. The van der Waals surface area contributed by atoms with Gasteiger partial charge in [-0.25, -0.2) is 0 Å². The zero-order valence-electron chi connectivity index (χ0n) is 9.05. The monoisotopic (exact) mass is 220 g/mol. The number of hydrogen-bond acceptors (Lipinski definition) is 3. The van der Waals surface area contributed by atoms with Crippen molar-refractivity contribution in [3.63, 3.8) is 0 Å². The molecule has 0 heterocycles. The second kappa shape index (κ2) is 6.77. The topological polar surface area (TPSA) is 17.1 Å². The summed E-state index contributed by atoms with van der Waals surface area (Å²) in [5.41, 5.74) is 0. The molecule has 1 nitrogen and oxygen atoms in total. The molecule has 0 atom stereocenters. The van der Waals surface area contributed by atoms with Gasteiger partial charge in [0.1, 0.15) is 5.78 Å². The van der Waals surface area contributed by atoms with Crippen molar-refractivity contribution < 1.29 is 4.79 Å². The van der Waals surface area contributed by atoms with Crippen LogP contribution in [-0.2, 0) is 4.79 Å². The zero-order chi connectivity index (χ0) is 10.3. The molecule has 3 heteroatoms. The lowest BCUT2D eigenvalue weighted by atomic mass is 10.1. The summed E-state index contributed by atoms with van der Waals surface area (Å²) in [7, 11) is 3.83. The van der Waals surface area contributed by atoms with Crippen molar-refractivity contribution in [3.05, 3.63) is 0 Å². The summed E-state index contributed by atoms with van der Waals surface area (Å²) in [6, 6.07) is 0. The fourth-order valence-corrected chi connectivity index (χ4v) is 3.51. The van der Waals surface area contributed by atoms with Crippen LogP contribution in [0.5, 0.6) is 0 Å². The molecule has 0 aliphatic rings. The highest BCUT2D eigenvalue weighted by molar-refractivity contribution is 8.77. The molecule has 0 N–H and O–H groups in total. The first-order valence-corrected chi connectivity index (χ1v) is 7.10. The fraction of sp³-hybridized carbons (Fsp3) is 0.900. The van der Waals surface area contributed by atoms with Gasteiger partial charge in [-0.05, 0) is 33.6 Å². The van der Waals surface area contributed by atoms with Crippen LogP contribution in [0.1, 0.15) is 47.0 Å². The van der Waals surface area contributed by atoms with E-state index >= 15 is 0 Å². The van der Waals surface area contributed by atoms with Crippen molar-refractivity contribution in [3.8, 4) is 0 Å². The maximum absolute atomic E-state index is 10.8. The average molecular weight is 220 g/mol. The number of Topliss-reactive ketones (excluding diaryl/α,β-unsaturated/α-hetero) is 1. The van der Waals surface area contributed by atoms with Gasteiger partial charge in [-0.1, -0.05) is 28.5 Å². The van der Waals surface area contributed by atoms with Crippen molar-refractivity contribution in [2.45, 2.75) is 51.7 Å². The third-order valence-corrected chi connectivity index (χ3v) is 5.21. The van der Waals surface area contributed by atoms with E-state index in [9.17, 15) is 4.79 Å². The van der Waals surface area contributed by atoms with Crippen LogP contribution in [0, 0.1) is 0 Å². The molecule has 0 aromatic carbocycles. The van der Waals surface area contributed by atoms with Gasteiger partial charge in [-0.15, -0.1) is 0 Å². The molecule has 0 unspecified atom stereocenters. The van der Waals surface area contributed by atoms with E-state index in [1.54, 1.807) is 6.92 Å². The summed E-state index contributed by atoms with van der Waals surface area (Å²) in [6.07, 6.45) is 2.93. The smallest absolute Gasteiger partial charge is 0.129 e. The Kier molecular flexibility index (Phi) is 6.96. The molecule has 0 spiro atoms. The Bertz CT molecular complexity index is 155. The lowest BCUT2D eigenvalue weighted by molar-refractivity contribution is -0.117. The van der Waals surface area contributed by atoms with Crippen LogP contribution in [0.3, 0.4) is 0 Å². The van der Waals surface area contributed by atoms with E-state index in [-0.39, 0.29) is 4.75 Å². The van der Waals surface area contributed by atoms with Gasteiger partial charge in [-0.3, -0.25) is 0 Å². The molecular weight excluding hydrogens is 200 g/mol. The zero-order valence-corrected chi connectivity index (χ0v) is 10.7. The Morgan fingerprint density at radius 1 is 1.38 bits per heavy atom. The number of hydrogen-bond donors (Lipinski definition) is 0. The van der Waals surface area contributed by atoms with E-state index in [1.807, 2.05) is 21.6 Å². The number of rotatable bonds is 7. The molecule has 78 valence electrons. The summed E-state index contributed by atoms with van der Waals surface area (Å²) in [5.74, 6) is 1.50. The number of ketones is 1. The molecule has 0 fully saturated rings. The van der Waals surface area contributed by atoms with Gasteiger partial charge in [0.2, 0.25) is 0 Å². The minimum absolute atomic E-state index is 0.242. The lowest BCUT2D eigenvalue weighted by Crippen LogP contribution is -2.14. The molecule has 0 saturated carbocycles. The molecule has 0 amide bonds. The van der Waals surface area contributed by atoms with Gasteiger partial charge in [0.05, 0.1) is 0 Å². The number of carbonyl (C=O) groups excluding carboxylic acids is 1. The standard InChI is InChI=1S/C10H20OS2/c1-5-8-12-13-10(3,4)7-6-9(2)11/h5-8H2,1-4H3. The Hall–Kier alpha value is 0.370. The van der Waals surface area contributed by atoms with Gasteiger partial charge >= 0.3 is 0 Å². The second-order valence-corrected chi connectivity index (χ2v) is 6.99. The van der Waals surface area contributed by atoms with Gasteiger partial charge in [0, 0.05) is 16.9 Å². The van der Waals surface area contributed by atoms with Crippen molar-refractivity contribution in [1.29, 1.82) is 0 Å². The predicted molar refractivity (Wildman–Crippen MR) is 64.3 cm³/mol. The highest BCUT2D eigenvalue weighted by Gasteiger charge is 2.18. The van der Waals surface area contributed by atoms with Crippen LogP contribution in [0.2, 0.25) is 0 Å². The van der Waals surface area contributed by atoms with Crippen LogP contribution in [0.4, 0.5) is 0 Å². The summed E-state index contributed by atoms with van der Waals surface area (Å²) in [6.45, 7) is 8.28. The molecule has 0 aliphatic carbocycles. The lowest BCUT2D eigenvalue weighted by Gasteiger charge is -2.22. The normalized spacial score (nSPS) is 11.7. The van der Waals surface area contributed by atoms with Crippen LogP contribution in [-0.4, -0.2) is 16.3 Å². The van der Waals surface area contributed by atoms with Gasteiger partial charge < -0.3 is 4.79 Å².